The predicted molar refractivity (Wildman–Crippen MR) is 110 cm³/mol. The molecule has 2 unspecified atom stereocenters. The smallest absolute Gasteiger partial charge is 0.309 e. The molecule has 7 nitrogen and oxygen atoms in total. The van der Waals surface area contributed by atoms with E-state index in [1.807, 2.05) is 31.2 Å². The number of esters is 1. The molecule has 29 heavy (non-hydrogen) atoms. The minimum atomic E-state index is -0.358. The van der Waals surface area contributed by atoms with Gasteiger partial charge in [-0.05, 0) is 57.5 Å². The monoisotopic (exact) mass is 434 g/mol. The molecule has 0 N–H and O–H groups in total. The summed E-state index contributed by atoms with van der Waals surface area (Å²) in [6.45, 7) is 5.42. The number of fused-ring (bicyclic) bond motifs is 1. The van der Waals surface area contributed by atoms with Crippen LogP contribution in [0.4, 0.5) is 0 Å². The molecule has 3 heterocycles. The van der Waals surface area contributed by atoms with Gasteiger partial charge in [0, 0.05) is 5.02 Å². The molecule has 2 atom stereocenters. The van der Waals surface area contributed by atoms with Gasteiger partial charge in [-0.3, -0.25) is 14.5 Å². The van der Waals surface area contributed by atoms with Crippen LogP contribution in [0.25, 0.3) is 0 Å². The Hall–Kier alpha value is -1.90. The number of benzene rings is 1. The highest BCUT2D eigenvalue weighted by Crippen LogP contribution is 2.42. The largest absolute Gasteiger partial charge is 0.466 e. The highest BCUT2D eigenvalue weighted by molar-refractivity contribution is 8.00. The maximum Gasteiger partial charge on any atom is 0.309 e. The van der Waals surface area contributed by atoms with Crippen LogP contribution >= 0.6 is 23.4 Å². The topological polar surface area (TPSA) is 77.3 Å². The molecule has 0 saturated carbocycles. The Morgan fingerprint density at radius 2 is 2.14 bits per heavy atom. The second kappa shape index (κ2) is 8.45. The number of aromatic nitrogens is 3. The van der Waals surface area contributed by atoms with Crippen LogP contribution in [0.15, 0.2) is 29.4 Å². The third-order valence-corrected chi connectivity index (χ3v) is 6.81. The standard InChI is InChI=1S/C20H23ClN4O3S/c1-3-28-19(27)13-7-9-24(10-8-13)16(14-5-4-6-15(21)11-14)17-18(26)25-20(29-17)22-12(2)23-25/h4-6,11,13,16-17H,3,7-10H2,1-2H3. The number of nitrogens with zero attached hydrogens (tertiary/aromatic N) is 4. The van der Waals surface area contributed by atoms with Crippen molar-refractivity contribution in [3.05, 3.63) is 40.7 Å². The fourth-order valence-corrected chi connectivity index (χ4v) is 5.54. The third kappa shape index (κ3) is 4.06. The summed E-state index contributed by atoms with van der Waals surface area (Å²) in [5, 5.41) is 5.15. The van der Waals surface area contributed by atoms with Gasteiger partial charge < -0.3 is 4.74 Å². The lowest BCUT2D eigenvalue weighted by atomic mass is 9.93. The first-order valence-electron chi connectivity index (χ1n) is 9.78. The van der Waals surface area contributed by atoms with Crippen LogP contribution in [0, 0.1) is 12.8 Å². The Kier molecular flexibility index (Phi) is 5.94. The maximum atomic E-state index is 13.1. The van der Waals surface area contributed by atoms with E-state index in [0.717, 1.165) is 5.56 Å². The van der Waals surface area contributed by atoms with Crippen molar-refractivity contribution < 1.29 is 14.3 Å². The summed E-state index contributed by atoms with van der Waals surface area (Å²) in [5.41, 5.74) is 0.986. The van der Waals surface area contributed by atoms with Gasteiger partial charge in [0.2, 0.25) is 0 Å². The number of piperidine rings is 1. The highest BCUT2D eigenvalue weighted by atomic mass is 35.5. The number of halogens is 1. The molecule has 1 aromatic carbocycles. The van der Waals surface area contributed by atoms with E-state index in [-0.39, 0.29) is 29.1 Å². The Bertz CT molecular complexity index is 926. The van der Waals surface area contributed by atoms with Crippen molar-refractivity contribution in [3.8, 4) is 0 Å². The first-order chi connectivity index (χ1) is 14.0. The zero-order chi connectivity index (χ0) is 20.5. The number of aryl methyl sites for hydroxylation is 1. The molecule has 1 fully saturated rings. The normalized spacial score (nSPS) is 21.2. The lowest BCUT2D eigenvalue weighted by Gasteiger charge is -2.38. The van der Waals surface area contributed by atoms with Crippen LogP contribution < -0.4 is 0 Å². The van der Waals surface area contributed by atoms with Gasteiger partial charge in [0.1, 0.15) is 11.1 Å². The molecule has 0 aliphatic carbocycles. The number of thioether (sulfide) groups is 1. The highest BCUT2D eigenvalue weighted by Gasteiger charge is 2.44. The number of hydrogen-bond donors (Lipinski definition) is 0. The van der Waals surface area contributed by atoms with E-state index in [1.165, 1.54) is 16.4 Å². The summed E-state index contributed by atoms with van der Waals surface area (Å²) < 4.78 is 6.59. The van der Waals surface area contributed by atoms with Gasteiger partial charge in [-0.1, -0.05) is 35.5 Å². The molecule has 4 rings (SSSR count). The Morgan fingerprint density at radius 3 is 2.79 bits per heavy atom. The Labute approximate surface area is 178 Å². The molecule has 1 aromatic heterocycles. The number of carbonyl (C=O) groups is 2. The number of ether oxygens (including phenoxy) is 1. The molecular weight excluding hydrogens is 412 g/mol. The molecule has 2 aliphatic heterocycles. The van der Waals surface area contributed by atoms with E-state index in [2.05, 4.69) is 15.0 Å². The molecule has 0 bridgehead atoms. The summed E-state index contributed by atoms with van der Waals surface area (Å²) in [6.07, 6.45) is 1.42. The van der Waals surface area contributed by atoms with E-state index < -0.39 is 0 Å². The second-order valence-corrected chi connectivity index (χ2v) is 8.84. The lowest BCUT2D eigenvalue weighted by molar-refractivity contribution is -0.149. The van der Waals surface area contributed by atoms with Crippen LogP contribution in [-0.4, -0.2) is 56.5 Å². The Balaban J connectivity index is 1.59. The van der Waals surface area contributed by atoms with Crippen LogP contribution in [0.3, 0.4) is 0 Å². The molecule has 2 aliphatic rings. The number of carbonyl (C=O) groups excluding carboxylic acids is 2. The van der Waals surface area contributed by atoms with Crippen molar-refractivity contribution in [1.82, 2.24) is 19.7 Å². The summed E-state index contributed by atoms with van der Waals surface area (Å²) in [6, 6.07) is 7.48. The average molecular weight is 435 g/mol. The fraction of sp³-hybridized carbons (Fsp3) is 0.500. The van der Waals surface area contributed by atoms with Crippen molar-refractivity contribution in [1.29, 1.82) is 0 Å². The molecule has 0 amide bonds. The van der Waals surface area contributed by atoms with E-state index in [9.17, 15) is 9.59 Å². The van der Waals surface area contributed by atoms with E-state index in [0.29, 0.717) is 48.5 Å². The minimum absolute atomic E-state index is 0.0666. The van der Waals surface area contributed by atoms with E-state index >= 15 is 0 Å². The summed E-state index contributed by atoms with van der Waals surface area (Å²) >= 11 is 7.70. The predicted octanol–water partition coefficient (Wildman–Crippen LogP) is 3.37. The maximum absolute atomic E-state index is 13.1. The van der Waals surface area contributed by atoms with Crippen molar-refractivity contribution >= 4 is 35.2 Å². The SMILES string of the molecule is CCOC(=O)C1CCN(C(c2cccc(Cl)c2)C2Sc3nc(C)nn3C2=O)CC1. The van der Waals surface area contributed by atoms with Crippen LogP contribution in [0.2, 0.25) is 5.02 Å². The molecular formula is C20H23ClN4O3S. The first-order valence-corrected chi connectivity index (χ1v) is 11.0. The average Bonchev–Trinajstić information content (AvgIpc) is 3.20. The summed E-state index contributed by atoms with van der Waals surface area (Å²) in [4.78, 5) is 31.9. The fourth-order valence-electron chi connectivity index (χ4n) is 4.04. The summed E-state index contributed by atoms with van der Waals surface area (Å²) in [5.74, 6) is 0.312. The minimum Gasteiger partial charge on any atom is -0.466 e. The second-order valence-electron chi connectivity index (χ2n) is 7.29. The lowest BCUT2D eigenvalue weighted by Crippen LogP contribution is -2.44. The van der Waals surface area contributed by atoms with Crippen LogP contribution in [0.1, 0.15) is 42.0 Å². The van der Waals surface area contributed by atoms with Gasteiger partial charge in [0.15, 0.2) is 5.16 Å². The van der Waals surface area contributed by atoms with Gasteiger partial charge in [-0.25, -0.2) is 4.98 Å². The van der Waals surface area contributed by atoms with Gasteiger partial charge >= 0.3 is 5.97 Å². The molecule has 2 aromatic rings. The number of likely N-dealkylation sites (tertiary alicyclic amines) is 1. The summed E-state index contributed by atoms with van der Waals surface area (Å²) in [7, 11) is 0. The molecule has 154 valence electrons. The number of hydrogen-bond acceptors (Lipinski definition) is 7. The van der Waals surface area contributed by atoms with Gasteiger partial charge in [-0.2, -0.15) is 4.68 Å². The zero-order valence-corrected chi connectivity index (χ0v) is 17.9. The van der Waals surface area contributed by atoms with E-state index in [4.69, 9.17) is 16.3 Å². The van der Waals surface area contributed by atoms with Crippen molar-refractivity contribution in [3.63, 3.8) is 0 Å². The van der Waals surface area contributed by atoms with E-state index in [1.54, 1.807) is 6.92 Å². The van der Waals surface area contributed by atoms with Gasteiger partial charge in [0.25, 0.3) is 5.91 Å². The Morgan fingerprint density at radius 1 is 1.38 bits per heavy atom. The molecule has 1 saturated heterocycles. The van der Waals surface area contributed by atoms with Crippen molar-refractivity contribution in [2.24, 2.45) is 5.92 Å². The number of rotatable bonds is 5. The van der Waals surface area contributed by atoms with Crippen molar-refractivity contribution in [2.75, 3.05) is 19.7 Å². The third-order valence-electron chi connectivity index (χ3n) is 5.39. The quantitative estimate of drug-likeness (QED) is 0.667. The molecule has 9 heteroatoms. The van der Waals surface area contributed by atoms with Gasteiger partial charge in [0.05, 0.1) is 18.6 Å². The first kappa shape index (κ1) is 20.4. The zero-order valence-electron chi connectivity index (χ0n) is 16.4. The molecule has 0 spiro atoms. The van der Waals surface area contributed by atoms with Crippen LogP contribution in [0.5, 0.6) is 0 Å². The van der Waals surface area contributed by atoms with Crippen LogP contribution in [-0.2, 0) is 9.53 Å². The van der Waals surface area contributed by atoms with Crippen molar-refractivity contribution in [2.45, 2.75) is 43.1 Å². The molecule has 0 radical (unpaired) electrons. The van der Waals surface area contributed by atoms with Gasteiger partial charge in [-0.15, -0.1) is 5.10 Å².